The highest BCUT2D eigenvalue weighted by molar-refractivity contribution is 5.45. The maximum atomic E-state index is 5.55. The number of rotatable bonds is 5. The second-order valence-electron chi connectivity index (χ2n) is 3.18. The predicted octanol–water partition coefficient (Wildman–Crippen LogP) is 2.36. The van der Waals surface area contributed by atoms with Gasteiger partial charge >= 0.3 is 0 Å². The van der Waals surface area contributed by atoms with Gasteiger partial charge in [0, 0.05) is 18.8 Å². The number of anilines is 1. The van der Waals surface area contributed by atoms with E-state index in [4.69, 9.17) is 5.73 Å². The zero-order valence-electron chi connectivity index (χ0n) is 8.22. The van der Waals surface area contributed by atoms with Crippen molar-refractivity contribution in [1.82, 2.24) is 0 Å². The summed E-state index contributed by atoms with van der Waals surface area (Å²) in [6, 6.07) is 8.27. The predicted molar refractivity (Wildman–Crippen MR) is 57.7 cm³/mol. The quantitative estimate of drug-likeness (QED) is 0.679. The van der Waals surface area contributed by atoms with E-state index >= 15 is 0 Å². The molecule has 0 bridgehead atoms. The molecule has 1 aromatic rings. The SMILES string of the molecule is CCCCNc1cccc(CN)c1. The molecule has 0 aromatic heterocycles. The highest BCUT2D eigenvalue weighted by atomic mass is 14.9. The summed E-state index contributed by atoms with van der Waals surface area (Å²) in [5, 5.41) is 3.36. The number of hydrogen-bond acceptors (Lipinski definition) is 2. The standard InChI is InChI=1S/C11H18N2/c1-2-3-7-13-11-6-4-5-10(8-11)9-12/h4-6,8,13H,2-3,7,9,12H2,1H3. The summed E-state index contributed by atoms with van der Waals surface area (Å²) < 4.78 is 0. The molecule has 0 spiro atoms. The van der Waals surface area contributed by atoms with Crippen molar-refractivity contribution in [1.29, 1.82) is 0 Å². The number of nitrogens with one attached hydrogen (secondary N) is 1. The Morgan fingerprint density at radius 2 is 2.23 bits per heavy atom. The lowest BCUT2D eigenvalue weighted by Crippen LogP contribution is -2.02. The normalized spacial score (nSPS) is 10.0. The first-order chi connectivity index (χ1) is 6.36. The third kappa shape index (κ3) is 3.47. The van der Waals surface area contributed by atoms with Crippen LogP contribution >= 0.6 is 0 Å². The van der Waals surface area contributed by atoms with E-state index in [0.717, 1.165) is 6.54 Å². The smallest absolute Gasteiger partial charge is 0.0343 e. The maximum Gasteiger partial charge on any atom is 0.0343 e. The molecule has 0 saturated heterocycles. The summed E-state index contributed by atoms with van der Waals surface area (Å²) in [4.78, 5) is 0. The number of benzene rings is 1. The van der Waals surface area contributed by atoms with E-state index in [1.807, 2.05) is 12.1 Å². The molecule has 0 atom stereocenters. The van der Waals surface area contributed by atoms with Gasteiger partial charge in [0.15, 0.2) is 0 Å². The molecule has 2 nitrogen and oxygen atoms in total. The molecular formula is C11H18N2. The van der Waals surface area contributed by atoms with Crippen LogP contribution in [0, 0.1) is 0 Å². The minimum Gasteiger partial charge on any atom is -0.385 e. The average molecular weight is 178 g/mol. The fraction of sp³-hybridized carbons (Fsp3) is 0.455. The van der Waals surface area contributed by atoms with E-state index in [2.05, 4.69) is 24.4 Å². The first-order valence-corrected chi connectivity index (χ1v) is 4.89. The molecule has 3 N–H and O–H groups in total. The molecule has 0 amide bonds. The lowest BCUT2D eigenvalue weighted by Gasteiger charge is -2.06. The second kappa shape index (κ2) is 5.60. The molecule has 0 saturated carbocycles. The third-order valence-corrected chi connectivity index (χ3v) is 2.02. The first-order valence-electron chi connectivity index (χ1n) is 4.89. The van der Waals surface area contributed by atoms with Gasteiger partial charge in [0.05, 0.1) is 0 Å². The largest absolute Gasteiger partial charge is 0.385 e. The zero-order valence-corrected chi connectivity index (χ0v) is 8.22. The fourth-order valence-corrected chi connectivity index (χ4v) is 1.22. The molecule has 0 aliphatic carbocycles. The second-order valence-corrected chi connectivity index (χ2v) is 3.18. The van der Waals surface area contributed by atoms with Crippen LogP contribution in [0.25, 0.3) is 0 Å². The van der Waals surface area contributed by atoms with Gasteiger partial charge in [-0.15, -0.1) is 0 Å². The van der Waals surface area contributed by atoms with Crippen LogP contribution in [-0.2, 0) is 6.54 Å². The Kier molecular flexibility index (Phi) is 4.33. The number of hydrogen-bond donors (Lipinski definition) is 2. The minimum atomic E-state index is 0.614. The molecule has 0 radical (unpaired) electrons. The molecule has 0 aliphatic rings. The van der Waals surface area contributed by atoms with Crippen molar-refractivity contribution < 1.29 is 0 Å². The van der Waals surface area contributed by atoms with Crippen LogP contribution in [0.3, 0.4) is 0 Å². The monoisotopic (exact) mass is 178 g/mol. The van der Waals surface area contributed by atoms with Crippen LogP contribution in [0.4, 0.5) is 5.69 Å². The van der Waals surface area contributed by atoms with Crippen LogP contribution in [-0.4, -0.2) is 6.54 Å². The molecule has 1 rings (SSSR count). The van der Waals surface area contributed by atoms with Gasteiger partial charge in [0.1, 0.15) is 0 Å². The Balaban J connectivity index is 2.46. The van der Waals surface area contributed by atoms with Crippen molar-refractivity contribution in [2.45, 2.75) is 26.3 Å². The molecule has 2 heteroatoms. The minimum absolute atomic E-state index is 0.614. The Morgan fingerprint density at radius 1 is 1.38 bits per heavy atom. The molecule has 13 heavy (non-hydrogen) atoms. The Hall–Kier alpha value is -1.02. The lowest BCUT2D eigenvalue weighted by molar-refractivity contribution is 0.834. The molecule has 0 unspecified atom stereocenters. The van der Waals surface area contributed by atoms with Crippen molar-refractivity contribution in [2.75, 3.05) is 11.9 Å². The Labute approximate surface area is 80.1 Å². The van der Waals surface area contributed by atoms with Crippen LogP contribution in [0.5, 0.6) is 0 Å². The zero-order chi connectivity index (χ0) is 9.52. The highest BCUT2D eigenvalue weighted by Crippen LogP contribution is 2.09. The van der Waals surface area contributed by atoms with E-state index in [1.165, 1.54) is 24.1 Å². The molecule has 0 fully saturated rings. The van der Waals surface area contributed by atoms with Gasteiger partial charge in [-0.1, -0.05) is 25.5 Å². The van der Waals surface area contributed by atoms with Crippen molar-refractivity contribution in [3.05, 3.63) is 29.8 Å². The first kappa shape index (κ1) is 10.1. The van der Waals surface area contributed by atoms with Crippen LogP contribution < -0.4 is 11.1 Å². The Bertz CT molecular complexity index is 246. The number of unbranched alkanes of at least 4 members (excludes halogenated alkanes) is 1. The third-order valence-electron chi connectivity index (χ3n) is 2.02. The summed E-state index contributed by atoms with van der Waals surface area (Å²) in [5.74, 6) is 0. The molecular weight excluding hydrogens is 160 g/mol. The van der Waals surface area contributed by atoms with Crippen molar-refractivity contribution in [3.8, 4) is 0 Å². The summed E-state index contributed by atoms with van der Waals surface area (Å²) in [6.07, 6.45) is 2.44. The van der Waals surface area contributed by atoms with Crippen LogP contribution in [0.2, 0.25) is 0 Å². The number of nitrogens with two attached hydrogens (primary N) is 1. The molecule has 0 aliphatic heterocycles. The summed E-state index contributed by atoms with van der Waals surface area (Å²) in [7, 11) is 0. The fourth-order valence-electron chi connectivity index (χ4n) is 1.22. The van der Waals surface area contributed by atoms with Gasteiger partial charge in [0.2, 0.25) is 0 Å². The topological polar surface area (TPSA) is 38.0 Å². The molecule has 1 aromatic carbocycles. The van der Waals surface area contributed by atoms with Gasteiger partial charge in [-0.3, -0.25) is 0 Å². The van der Waals surface area contributed by atoms with Gasteiger partial charge in [-0.25, -0.2) is 0 Å². The summed E-state index contributed by atoms with van der Waals surface area (Å²) in [5.41, 5.74) is 7.90. The summed E-state index contributed by atoms with van der Waals surface area (Å²) >= 11 is 0. The van der Waals surface area contributed by atoms with Crippen LogP contribution in [0.15, 0.2) is 24.3 Å². The van der Waals surface area contributed by atoms with E-state index in [-0.39, 0.29) is 0 Å². The van der Waals surface area contributed by atoms with Gasteiger partial charge in [-0.2, -0.15) is 0 Å². The summed E-state index contributed by atoms with van der Waals surface area (Å²) in [6.45, 7) is 3.85. The molecule has 0 heterocycles. The van der Waals surface area contributed by atoms with Gasteiger partial charge in [0.25, 0.3) is 0 Å². The van der Waals surface area contributed by atoms with E-state index in [1.54, 1.807) is 0 Å². The van der Waals surface area contributed by atoms with Crippen molar-refractivity contribution >= 4 is 5.69 Å². The van der Waals surface area contributed by atoms with Crippen LogP contribution in [0.1, 0.15) is 25.3 Å². The maximum absolute atomic E-state index is 5.55. The van der Waals surface area contributed by atoms with Crippen molar-refractivity contribution in [3.63, 3.8) is 0 Å². The average Bonchev–Trinajstić information content (AvgIpc) is 2.19. The van der Waals surface area contributed by atoms with Crippen molar-refractivity contribution in [2.24, 2.45) is 5.73 Å². The van der Waals surface area contributed by atoms with E-state index in [0.29, 0.717) is 6.54 Å². The molecule has 72 valence electrons. The van der Waals surface area contributed by atoms with E-state index in [9.17, 15) is 0 Å². The Morgan fingerprint density at radius 3 is 2.92 bits per heavy atom. The lowest BCUT2D eigenvalue weighted by atomic mass is 10.2. The highest BCUT2D eigenvalue weighted by Gasteiger charge is 1.92. The van der Waals surface area contributed by atoms with Gasteiger partial charge < -0.3 is 11.1 Å². The van der Waals surface area contributed by atoms with Gasteiger partial charge in [-0.05, 0) is 24.1 Å². The van der Waals surface area contributed by atoms with E-state index < -0.39 is 0 Å².